The fourth-order valence-corrected chi connectivity index (χ4v) is 7.49. The maximum Gasteiger partial charge on any atom is 0.353 e. The highest BCUT2D eigenvalue weighted by atomic mass is 32.2. The molecule has 11 heteroatoms. The first-order valence-corrected chi connectivity index (χ1v) is 12.8. The Labute approximate surface area is 204 Å². The zero-order chi connectivity index (χ0) is 24.9. The molecule has 3 saturated heterocycles. The molecule has 7 atom stereocenters. The fourth-order valence-electron chi connectivity index (χ4n) is 5.89. The van der Waals surface area contributed by atoms with Crippen molar-refractivity contribution in [1.82, 2.24) is 20.0 Å². The van der Waals surface area contributed by atoms with Crippen LogP contribution in [0.5, 0.6) is 0 Å². The molecule has 4 rings (SSSR count). The Morgan fingerprint density at radius 1 is 1.32 bits per heavy atom. The third-order valence-corrected chi connectivity index (χ3v) is 9.15. The normalized spacial score (nSPS) is 34.3. The third-order valence-electron chi connectivity index (χ3n) is 7.65. The van der Waals surface area contributed by atoms with Crippen LogP contribution in [0.25, 0.3) is 0 Å². The molecule has 188 valence electrons. The third kappa shape index (κ3) is 4.33. The van der Waals surface area contributed by atoms with Crippen molar-refractivity contribution < 1.29 is 24.6 Å². The number of fused-ring (bicyclic) bond motifs is 1. The van der Waals surface area contributed by atoms with E-state index >= 15 is 0 Å². The first-order chi connectivity index (χ1) is 16.0. The molecular weight excluding hydrogens is 458 g/mol. The molecule has 0 spiro atoms. The van der Waals surface area contributed by atoms with Crippen LogP contribution in [0.4, 0.5) is 0 Å². The fraction of sp³-hybridized carbons (Fsp3) is 0.739. The first-order valence-electron chi connectivity index (χ1n) is 11.9. The Morgan fingerprint density at radius 2 is 2.03 bits per heavy atom. The number of likely N-dealkylation sites (N-methyl/N-ethyl adjacent to an activating group) is 1. The Kier molecular flexibility index (Phi) is 6.99. The second-order valence-corrected chi connectivity index (χ2v) is 11.5. The smallest absolute Gasteiger partial charge is 0.353 e. The van der Waals surface area contributed by atoms with Gasteiger partial charge in [-0.2, -0.15) is 0 Å². The molecule has 10 nitrogen and oxygen atoms in total. The van der Waals surface area contributed by atoms with E-state index < -0.39 is 18.0 Å². The summed E-state index contributed by atoms with van der Waals surface area (Å²) in [5, 5.41) is 30.5. The van der Waals surface area contributed by atoms with Crippen molar-refractivity contribution >= 4 is 35.4 Å². The van der Waals surface area contributed by atoms with Crippen molar-refractivity contribution in [2.75, 3.05) is 33.2 Å². The number of carbonyl (C=O) groups is 3. The van der Waals surface area contributed by atoms with E-state index in [0.717, 1.165) is 13.0 Å². The van der Waals surface area contributed by atoms with Crippen LogP contribution in [0.2, 0.25) is 0 Å². The van der Waals surface area contributed by atoms with Crippen LogP contribution >= 0.6 is 11.8 Å². The van der Waals surface area contributed by atoms with Gasteiger partial charge in [0.05, 0.1) is 29.9 Å². The van der Waals surface area contributed by atoms with Crippen molar-refractivity contribution in [2.24, 2.45) is 17.8 Å². The molecule has 4 N–H and O–H groups in total. The summed E-state index contributed by atoms with van der Waals surface area (Å²) in [6.07, 6.45) is 0.723. The molecule has 0 unspecified atom stereocenters. The van der Waals surface area contributed by atoms with Gasteiger partial charge in [-0.15, -0.1) is 11.8 Å². The zero-order valence-electron chi connectivity index (χ0n) is 20.2. The number of β-lactam (4-membered cyclic amide) rings is 1. The van der Waals surface area contributed by atoms with Crippen molar-refractivity contribution in [3.63, 3.8) is 0 Å². The van der Waals surface area contributed by atoms with E-state index in [4.69, 9.17) is 5.41 Å². The molecule has 0 aliphatic carbocycles. The topological polar surface area (TPSA) is 137 Å². The van der Waals surface area contributed by atoms with Crippen LogP contribution in [0.3, 0.4) is 0 Å². The molecule has 0 aromatic rings. The Hall–Kier alpha value is -2.11. The molecule has 34 heavy (non-hydrogen) atoms. The van der Waals surface area contributed by atoms with Crippen LogP contribution in [0.1, 0.15) is 33.6 Å². The minimum absolute atomic E-state index is 0.0400. The average molecular weight is 494 g/mol. The van der Waals surface area contributed by atoms with Crippen molar-refractivity contribution in [2.45, 2.75) is 57.1 Å². The second-order valence-electron chi connectivity index (χ2n) is 10.1. The number of likely N-dealkylation sites (tertiary alicyclic amines) is 2. The molecule has 4 aliphatic heterocycles. The maximum absolute atomic E-state index is 13.3. The number of hydrogen-bond acceptors (Lipinski definition) is 7. The standard InChI is InChI=1S/C23H35N5O5S/c1-11-18-17(12(2)29)22(31)28(18)19(23(32)33)20(11)34-15-7-16(26(4)10-15)21(30)27-6-5-14(9-27)8-25-13(3)24/h11-12,14-18,29H,5-10H2,1-4H3,(H2,24,25)(H,32,33)/t11-,12-,14+,15+,16+,17-,18-/m1/s1. The summed E-state index contributed by atoms with van der Waals surface area (Å²) in [6.45, 7) is 7.98. The summed E-state index contributed by atoms with van der Waals surface area (Å²) >= 11 is 1.48. The number of hydrogen-bond donors (Lipinski definition) is 4. The monoisotopic (exact) mass is 493 g/mol. The number of nitrogens with zero attached hydrogens (tertiary/aromatic N) is 3. The lowest BCUT2D eigenvalue weighted by Crippen LogP contribution is -2.63. The zero-order valence-corrected chi connectivity index (χ0v) is 21.0. The second kappa shape index (κ2) is 9.50. The summed E-state index contributed by atoms with van der Waals surface area (Å²) in [5.74, 6) is -1.30. The number of rotatable bonds is 7. The highest BCUT2D eigenvalue weighted by molar-refractivity contribution is 8.03. The molecule has 0 radical (unpaired) electrons. The minimum Gasteiger partial charge on any atom is -0.477 e. The number of carboxylic acids is 1. The molecule has 3 fully saturated rings. The van der Waals surface area contributed by atoms with Crippen LogP contribution < -0.4 is 5.32 Å². The van der Waals surface area contributed by atoms with Gasteiger partial charge in [0.1, 0.15) is 5.70 Å². The molecule has 2 amide bonds. The Balaban J connectivity index is 1.41. The van der Waals surface area contributed by atoms with E-state index in [1.54, 1.807) is 13.8 Å². The van der Waals surface area contributed by atoms with Gasteiger partial charge in [-0.05, 0) is 39.7 Å². The summed E-state index contributed by atoms with van der Waals surface area (Å²) < 4.78 is 0. The summed E-state index contributed by atoms with van der Waals surface area (Å²) in [7, 11) is 1.93. The molecule has 4 aliphatic rings. The lowest BCUT2D eigenvalue weighted by Gasteiger charge is -2.46. The quantitative estimate of drug-likeness (QED) is 0.227. The SMILES string of the molecule is CC(=N)NC[C@@H]1CCN(C(=O)[C@@H]2C[C@H](SC3=C(C(=O)O)N4C(=O)[C@H]([C@@H](C)O)[C@H]4[C@H]3C)CN2C)C1. The summed E-state index contributed by atoms with van der Waals surface area (Å²) in [4.78, 5) is 43.9. The van der Waals surface area contributed by atoms with Gasteiger partial charge in [0.2, 0.25) is 11.8 Å². The average Bonchev–Trinajstić information content (AvgIpc) is 3.42. The van der Waals surface area contributed by atoms with Crippen molar-refractivity contribution in [3.8, 4) is 0 Å². The largest absolute Gasteiger partial charge is 0.477 e. The summed E-state index contributed by atoms with van der Waals surface area (Å²) in [5.41, 5.74) is 0.0400. The van der Waals surface area contributed by atoms with E-state index in [-0.39, 0.29) is 40.8 Å². The molecule has 0 bridgehead atoms. The lowest BCUT2D eigenvalue weighted by atomic mass is 9.79. The van der Waals surface area contributed by atoms with Crippen LogP contribution in [-0.4, -0.2) is 105 Å². The van der Waals surface area contributed by atoms with Gasteiger partial charge in [-0.1, -0.05) is 6.92 Å². The predicted molar refractivity (Wildman–Crippen MR) is 128 cm³/mol. The van der Waals surface area contributed by atoms with E-state index in [1.807, 2.05) is 23.8 Å². The molecule has 0 aromatic carbocycles. The lowest BCUT2D eigenvalue weighted by molar-refractivity contribution is -0.163. The van der Waals surface area contributed by atoms with Gasteiger partial charge in [0.25, 0.3) is 0 Å². The number of nitrogens with one attached hydrogen (secondary N) is 2. The molecule has 0 saturated carbocycles. The van der Waals surface area contributed by atoms with Gasteiger partial charge in [-0.25, -0.2) is 4.79 Å². The summed E-state index contributed by atoms with van der Waals surface area (Å²) in [6, 6.07) is -0.569. The van der Waals surface area contributed by atoms with E-state index in [2.05, 4.69) is 5.32 Å². The number of carbonyl (C=O) groups excluding carboxylic acids is 2. The van der Waals surface area contributed by atoms with Gasteiger partial charge >= 0.3 is 5.97 Å². The van der Waals surface area contributed by atoms with Crippen LogP contribution in [0.15, 0.2) is 10.6 Å². The highest BCUT2D eigenvalue weighted by Gasteiger charge is 2.60. The number of amides is 2. The van der Waals surface area contributed by atoms with E-state index in [0.29, 0.717) is 42.7 Å². The van der Waals surface area contributed by atoms with Crippen LogP contribution in [0, 0.1) is 23.2 Å². The van der Waals surface area contributed by atoms with Gasteiger partial charge in [-0.3, -0.25) is 19.9 Å². The number of aliphatic hydroxyl groups excluding tert-OH is 1. The maximum atomic E-state index is 13.3. The van der Waals surface area contributed by atoms with Crippen molar-refractivity contribution in [1.29, 1.82) is 5.41 Å². The van der Waals surface area contributed by atoms with Crippen LogP contribution in [-0.2, 0) is 14.4 Å². The van der Waals surface area contributed by atoms with Crippen molar-refractivity contribution in [3.05, 3.63) is 10.6 Å². The Bertz CT molecular complexity index is 923. The molecular formula is C23H35N5O5S. The number of aliphatic hydroxyl groups is 1. The number of carboxylic acid groups (broad SMARTS) is 1. The number of thioether (sulfide) groups is 1. The first kappa shape index (κ1) is 25.0. The Morgan fingerprint density at radius 3 is 2.65 bits per heavy atom. The van der Waals surface area contributed by atoms with Gasteiger partial charge in [0.15, 0.2) is 0 Å². The highest BCUT2D eigenvalue weighted by Crippen LogP contribution is 2.52. The van der Waals surface area contributed by atoms with Gasteiger partial charge in [0, 0.05) is 42.3 Å². The predicted octanol–water partition coefficient (Wildman–Crippen LogP) is 0.381. The van der Waals surface area contributed by atoms with E-state index in [1.165, 1.54) is 16.7 Å². The van der Waals surface area contributed by atoms with Gasteiger partial charge < -0.3 is 25.3 Å². The molecule has 0 aromatic heterocycles. The van der Waals surface area contributed by atoms with E-state index in [9.17, 15) is 24.6 Å². The molecule has 4 heterocycles. The number of amidine groups is 1. The minimum atomic E-state index is -1.12. The number of aliphatic carboxylic acids is 1.